The van der Waals surface area contributed by atoms with Gasteiger partial charge in [0.1, 0.15) is 0 Å². The first-order valence-electron chi connectivity index (χ1n) is 10.7. The van der Waals surface area contributed by atoms with Gasteiger partial charge in [0.2, 0.25) is 0 Å². The number of aromatic nitrogens is 9. The van der Waals surface area contributed by atoms with Gasteiger partial charge >= 0.3 is 10.4 Å². The molecule has 0 aromatic carbocycles. The molecule has 0 aliphatic carbocycles. The fourth-order valence-electron chi connectivity index (χ4n) is 3.04. The summed E-state index contributed by atoms with van der Waals surface area (Å²) < 4.78 is 69.7. The van der Waals surface area contributed by atoms with Crippen LogP contribution in [0.1, 0.15) is 37.9 Å². The third kappa shape index (κ3) is 9.32. The molecular formula is C17H28N10O7S2. The minimum absolute atomic E-state index is 0.0499. The van der Waals surface area contributed by atoms with Gasteiger partial charge in [-0.2, -0.15) is 16.8 Å². The molecule has 3 heterocycles. The Balaban J connectivity index is 1.71. The highest BCUT2D eigenvalue weighted by Crippen LogP contribution is 2.15. The van der Waals surface area contributed by atoms with E-state index in [1.807, 2.05) is 31.9 Å². The van der Waals surface area contributed by atoms with Crippen molar-refractivity contribution in [1.82, 2.24) is 49.9 Å². The molecule has 0 saturated carbocycles. The van der Waals surface area contributed by atoms with Crippen molar-refractivity contribution in [3.63, 3.8) is 0 Å². The minimum atomic E-state index is -4.54. The van der Waals surface area contributed by atoms with Crippen molar-refractivity contribution in [2.45, 2.75) is 59.0 Å². The van der Waals surface area contributed by atoms with Crippen LogP contribution in [0.3, 0.4) is 0 Å². The van der Waals surface area contributed by atoms with Gasteiger partial charge in [-0.05, 0) is 20.8 Å². The number of nitrogens with zero attached hydrogens (tertiary/aromatic N) is 10. The first kappa shape index (κ1) is 27.7. The van der Waals surface area contributed by atoms with Gasteiger partial charge < -0.3 is 0 Å². The molecule has 0 unspecified atom stereocenters. The van der Waals surface area contributed by atoms with Gasteiger partial charge in [-0.3, -0.25) is 18.7 Å². The van der Waals surface area contributed by atoms with Gasteiger partial charge in [0.25, 0.3) is 10.1 Å². The predicted molar refractivity (Wildman–Crippen MR) is 122 cm³/mol. The van der Waals surface area contributed by atoms with Crippen molar-refractivity contribution in [3.8, 4) is 0 Å². The van der Waals surface area contributed by atoms with Crippen molar-refractivity contribution in [1.29, 1.82) is 0 Å². The molecule has 0 radical (unpaired) electrons. The van der Waals surface area contributed by atoms with Gasteiger partial charge in [-0.25, -0.2) is 13.5 Å². The molecule has 0 atom stereocenters. The molecule has 17 nitrogen and oxygen atoms in total. The summed E-state index contributed by atoms with van der Waals surface area (Å²) >= 11 is 0. The maximum absolute atomic E-state index is 11.0. The van der Waals surface area contributed by atoms with Crippen LogP contribution < -0.4 is 0 Å². The van der Waals surface area contributed by atoms with Crippen molar-refractivity contribution in [2.75, 3.05) is 12.4 Å². The molecule has 0 aliphatic rings. The standard InChI is InChI=1S/C17H28N10O7S2/c1-17(2,3)27-13-16(20-23-27)10-24(9-15-12-26(22-19-15)5-7-35(28,29)30)8-14-11-25(21-18-14)4-6-34-36(31,32)33/h11-13H,4-10H2,1-3H3,(H,28,29,30)(H,31,32,33). The highest BCUT2D eigenvalue weighted by atomic mass is 32.3. The third-order valence-corrected chi connectivity index (χ3v) is 5.85. The van der Waals surface area contributed by atoms with Crippen LogP contribution in [0.2, 0.25) is 0 Å². The Morgan fingerprint density at radius 1 is 0.833 bits per heavy atom. The fourth-order valence-corrected chi connectivity index (χ4v) is 3.74. The summed E-state index contributed by atoms with van der Waals surface area (Å²) in [6.45, 7) is 6.65. The molecule has 200 valence electrons. The van der Waals surface area contributed by atoms with Crippen LogP contribution in [0.25, 0.3) is 0 Å². The van der Waals surface area contributed by atoms with Crippen LogP contribution in [0.5, 0.6) is 0 Å². The van der Waals surface area contributed by atoms with Gasteiger partial charge in [-0.1, -0.05) is 15.6 Å². The zero-order valence-corrected chi connectivity index (χ0v) is 21.5. The molecule has 19 heteroatoms. The molecule has 0 fully saturated rings. The van der Waals surface area contributed by atoms with E-state index in [0.717, 1.165) is 0 Å². The quantitative estimate of drug-likeness (QED) is 0.248. The molecule has 0 aliphatic heterocycles. The molecule has 3 aromatic rings. The van der Waals surface area contributed by atoms with Gasteiger partial charge in [0, 0.05) is 32.0 Å². The minimum Gasteiger partial charge on any atom is -0.285 e. The maximum Gasteiger partial charge on any atom is 0.397 e. The molecule has 2 N–H and O–H groups in total. The third-order valence-electron chi connectivity index (χ3n) is 4.69. The van der Waals surface area contributed by atoms with Crippen molar-refractivity contribution in [2.24, 2.45) is 0 Å². The van der Waals surface area contributed by atoms with Crippen LogP contribution in [0.15, 0.2) is 18.6 Å². The highest BCUT2D eigenvalue weighted by Gasteiger charge is 2.19. The lowest BCUT2D eigenvalue weighted by molar-refractivity contribution is 0.238. The Morgan fingerprint density at radius 2 is 1.33 bits per heavy atom. The Hall–Kier alpha value is -2.84. The fraction of sp³-hybridized carbons (Fsp3) is 0.647. The lowest BCUT2D eigenvalue weighted by Gasteiger charge is -2.19. The lowest BCUT2D eigenvalue weighted by Crippen LogP contribution is -2.24. The van der Waals surface area contributed by atoms with Crippen molar-refractivity contribution < 1.29 is 30.1 Å². The van der Waals surface area contributed by atoms with E-state index in [0.29, 0.717) is 36.7 Å². The lowest BCUT2D eigenvalue weighted by atomic mass is 10.1. The summed E-state index contributed by atoms with van der Waals surface area (Å²) in [7, 11) is -8.67. The van der Waals surface area contributed by atoms with Crippen molar-refractivity contribution in [3.05, 3.63) is 35.7 Å². The molecule has 3 rings (SSSR count). The first-order valence-corrected chi connectivity index (χ1v) is 13.6. The van der Waals surface area contributed by atoms with Gasteiger partial charge in [-0.15, -0.1) is 15.3 Å². The summed E-state index contributed by atoms with van der Waals surface area (Å²) in [5, 5.41) is 24.4. The zero-order valence-electron chi connectivity index (χ0n) is 19.9. The van der Waals surface area contributed by atoms with E-state index in [2.05, 4.69) is 35.1 Å². The van der Waals surface area contributed by atoms with E-state index in [4.69, 9.17) is 9.11 Å². The van der Waals surface area contributed by atoms with Crippen LogP contribution in [-0.2, 0) is 63.0 Å². The largest absolute Gasteiger partial charge is 0.397 e. The van der Waals surface area contributed by atoms with E-state index in [-0.39, 0.29) is 25.2 Å². The van der Waals surface area contributed by atoms with E-state index in [1.165, 1.54) is 9.36 Å². The average Bonchev–Trinajstić information content (AvgIpc) is 3.46. The molecule has 0 bridgehead atoms. The first-order chi connectivity index (χ1) is 16.7. The Bertz CT molecular complexity index is 1360. The van der Waals surface area contributed by atoms with Gasteiger partial charge in [0.15, 0.2) is 0 Å². The SMILES string of the molecule is CC(C)(C)n1cc(CN(Cc2cn(CCOS(=O)(=O)O)nn2)Cc2cn(CCS(=O)(=O)O)nn2)nn1. The Kier molecular flexibility index (Phi) is 8.52. The predicted octanol–water partition coefficient (Wildman–Crippen LogP) is -0.874. The summed E-state index contributed by atoms with van der Waals surface area (Å²) in [5.41, 5.74) is 1.54. The van der Waals surface area contributed by atoms with E-state index >= 15 is 0 Å². The van der Waals surface area contributed by atoms with Crippen LogP contribution in [-0.4, -0.2) is 88.2 Å². The summed E-state index contributed by atoms with van der Waals surface area (Å²) in [5.74, 6) is -0.486. The van der Waals surface area contributed by atoms with Crippen LogP contribution in [0, 0.1) is 0 Å². The van der Waals surface area contributed by atoms with E-state index < -0.39 is 26.3 Å². The normalized spacial score (nSPS) is 13.1. The monoisotopic (exact) mass is 548 g/mol. The molecule has 0 spiro atoms. The van der Waals surface area contributed by atoms with Gasteiger partial charge in [0.05, 0.1) is 54.3 Å². The van der Waals surface area contributed by atoms with E-state index in [1.54, 1.807) is 17.1 Å². The number of rotatable bonds is 13. The number of hydrogen-bond acceptors (Lipinski definition) is 12. The average molecular weight is 549 g/mol. The van der Waals surface area contributed by atoms with E-state index in [9.17, 15) is 16.8 Å². The van der Waals surface area contributed by atoms with Crippen LogP contribution in [0.4, 0.5) is 0 Å². The zero-order chi connectivity index (χ0) is 26.6. The molecule has 0 saturated heterocycles. The maximum atomic E-state index is 11.0. The van der Waals surface area contributed by atoms with Crippen molar-refractivity contribution >= 4 is 20.5 Å². The number of aryl methyl sites for hydroxylation is 1. The highest BCUT2D eigenvalue weighted by molar-refractivity contribution is 7.85. The topological polar surface area (TPSA) is 213 Å². The molecule has 0 amide bonds. The number of hydrogen-bond donors (Lipinski definition) is 2. The molecular weight excluding hydrogens is 520 g/mol. The Labute approximate surface area is 207 Å². The summed E-state index contributed by atoms with van der Waals surface area (Å²) in [4.78, 5) is 1.94. The summed E-state index contributed by atoms with van der Waals surface area (Å²) in [6.07, 6.45) is 5.02. The molecule has 3 aromatic heterocycles. The molecule has 36 heavy (non-hydrogen) atoms. The second kappa shape index (κ2) is 11.0. The second-order valence-corrected chi connectivity index (χ2v) is 11.6. The Morgan fingerprint density at radius 3 is 1.81 bits per heavy atom. The second-order valence-electron chi connectivity index (χ2n) is 8.95. The smallest absolute Gasteiger partial charge is 0.285 e. The van der Waals surface area contributed by atoms with Crippen LogP contribution >= 0.6 is 0 Å². The summed E-state index contributed by atoms with van der Waals surface area (Å²) in [6, 6.07) is 0.